The van der Waals surface area contributed by atoms with Gasteiger partial charge in [-0.25, -0.2) is 0 Å². The summed E-state index contributed by atoms with van der Waals surface area (Å²) in [7, 11) is 0. The molecule has 0 spiro atoms. The van der Waals surface area contributed by atoms with Crippen molar-refractivity contribution in [1.82, 2.24) is 4.90 Å². The Morgan fingerprint density at radius 2 is 1.77 bits per heavy atom. The van der Waals surface area contributed by atoms with Crippen LogP contribution in [0.1, 0.15) is 32.1 Å². The fourth-order valence-corrected chi connectivity index (χ4v) is 1.70. The van der Waals surface area contributed by atoms with Crippen molar-refractivity contribution in [2.45, 2.75) is 32.1 Å². The predicted molar refractivity (Wildman–Crippen MR) is 56.5 cm³/mol. The first-order chi connectivity index (χ1) is 6.20. The molecule has 0 aromatic heterocycles. The number of likely N-dealkylation sites (tertiary alicyclic amines) is 1. The number of carbonyl (C=O) groups is 1. The Balaban J connectivity index is 2.39. The Bertz CT molecular complexity index is 198. The van der Waals surface area contributed by atoms with Crippen molar-refractivity contribution in [2.75, 3.05) is 13.1 Å². The van der Waals surface area contributed by atoms with Gasteiger partial charge < -0.3 is 10.6 Å². The molecule has 1 amide bonds. The zero-order valence-electron chi connectivity index (χ0n) is 7.79. The van der Waals surface area contributed by atoms with Crippen LogP contribution in [0.15, 0.2) is 0 Å². The molecule has 1 saturated heterocycles. The second-order valence-corrected chi connectivity index (χ2v) is 3.96. The summed E-state index contributed by atoms with van der Waals surface area (Å²) in [5.41, 5.74) is 5.32. The molecule has 2 N–H and O–H groups in total. The van der Waals surface area contributed by atoms with Crippen LogP contribution in [0, 0.1) is 0 Å². The Morgan fingerprint density at radius 3 is 2.23 bits per heavy atom. The topological polar surface area (TPSA) is 46.3 Å². The van der Waals surface area contributed by atoms with Crippen LogP contribution in [0.5, 0.6) is 0 Å². The van der Waals surface area contributed by atoms with E-state index >= 15 is 0 Å². The maximum Gasteiger partial charge on any atom is 0.229 e. The van der Waals surface area contributed by atoms with Crippen LogP contribution in [0.2, 0.25) is 0 Å². The Labute approximate surface area is 84.3 Å². The lowest BCUT2D eigenvalue weighted by Crippen LogP contribution is -2.34. The van der Waals surface area contributed by atoms with Crippen LogP contribution in [0.3, 0.4) is 0 Å². The number of carbonyl (C=O) groups excluding carboxylic acids is 1. The second-order valence-electron chi connectivity index (χ2n) is 3.44. The summed E-state index contributed by atoms with van der Waals surface area (Å²) in [6.45, 7) is 1.75. The van der Waals surface area contributed by atoms with Crippen LogP contribution in [-0.2, 0) is 4.79 Å². The zero-order valence-corrected chi connectivity index (χ0v) is 8.61. The van der Waals surface area contributed by atoms with E-state index in [2.05, 4.69) is 0 Å². The van der Waals surface area contributed by atoms with Crippen LogP contribution >= 0.6 is 12.2 Å². The van der Waals surface area contributed by atoms with E-state index in [9.17, 15) is 4.79 Å². The lowest BCUT2D eigenvalue weighted by Gasteiger charge is -2.19. The third kappa shape index (κ3) is 3.72. The number of hydrogen-bond acceptors (Lipinski definition) is 2. The maximum absolute atomic E-state index is 11.5. The summed E-state index contributed by atoms with van der Waals surface area (Å²) < 4.78 is 0. The van der Waals surface area contributed by atoms with Gasteiger partial charge in [0.25, 0.3) is 0 Å². The fraction of sp³-hybridized carbons (Fsp3) is 0.778. The molecule has 0 radical (unpaired) electrons. The molecule has 74 valence electrons. The molecule has 0 unspecified atom stereocenters. The second kappa shape index (κ2) is 5.17. The summed E-state index contributed by atoms with van der Waals surface area (Å²) >= 11 is 4.71. The number of nitrogens with zero attached hydrogens (tertiary/aromatic N) is 1. The van der Waals surface area contributed by atoms with Crippen molar-refractivity contribution in [3.63, 3.8) is 0 Å². The zero-order chi connectivity index (χ0) is 9.68. The molecule has 13 heavy (non-hydrogen) atoms. The summed E-state index contributed by atoms with van der Waals surface area (Å²) in [5.74, 6) is 0.0920. The number of hydrogen-bond donors (Lipinski definition) is 1. The van der Waals surface area contributed by atoms with Gasteiger partial charge in [0.1, 0.15) is 0 Å². The molecule has 1 fully saturated rings. The van der Waals surface area contributed by atoms with Crippen molar-refractivity contribution in [1.29, 1.82) is 0 Å². The monoisotopic (exact) mass is 200 g/mol. The molecule has 3 nitrogen and oxygen atoms in total. The largest absolute Gasteiger partial charge is 0.393 e. The average molecular weight is 200 g/mol. The quantitative estimate of drug-likeness (QED) is 0.678. The van der Waals surface area contributed by atoms with Crippen molar-refractivity contribution in [3.8, 4) is 0 Å². The van der Waals surface area contributed by atoms with Gasteiger partial charge in [0.05, 0.1) is 11.4 Å². The summed E-state index contributed by atoms with van der Waals surface area (Å²) in [6, 6.07) is 0. The number of rotatable bonds is 2. The Hall–Kier alpha value is -0.640. The molecule has 0 aromatic carbocycles. The first kappa shape index (κ1) is 10.4. The lowest BCUT2D eigenvalue weighted by molar-refractivity contribution is -0.129. The van der Waals surface area contributed by atoms with Gasteiger partial charge in [0.15, 0.2) is 0 Å². The van der Waals surface area contributed by atoms with Crippen LogP contribution in [-0.4, -0.2) is 28.9 Å². The number of thiocarbonyl (C=S) groups is 1. The minimum Gasteiger partial charge on any atom is -0.393 e. The van der Waals surface area contributed by atoms with Crippen LogP contribution in [0.25, 0.3) is 0 Å². The number of amides is 1. The molecule has 1 aliphatic heterocycles. The van der Waals surface area contributed by atoms with Crippen LogP contribution < -0.4 is 5.73 Å². The van der Waals surface area contributed by atoms with E-state index in [1.165, 1.54) is 12.8 Å². The minimum atomic E-state index is 0.0920. The van der Waals surface area contributed by atoms with Gasteiger partial charge in [-0.3, -0.25) is 4.79 Å². The van der Waals surface area contributed by atoms with E-state index in [-0.39, 0.29) is 12.3 Å². The van der Waals surface area contributed by atoms with Crippen LogP contribution in [0.4, 0.5) is 0 Å². The molecule has 1 heterocycles. The van der Waals surface area contributed by atoms with E-state index in [1.807, 2.05) is 4.90 Å². The molecule has 0 atom stereocenters. The highest BCUT2D eigenvalue weighted by Gasteiger charge is 2.15. The van der Waals surface area contributed by atoms with Gasteiger partial charge in [-0.05, 0) is 12.8 Å². The molecule has 1 aliphatic rings. The van der Waals surface area contributed by atoms with Crippen molar-refractivity contribution >= 4 is 23.1 Å². The van der Waals surface area contributed by atoms with Gasteiger partial charge >= 0.3 is 0 Å². The average Bonchev–Trinajstić information content (AvgIpc) is 2.29. The molecular formula is C9H16N2OS. The SMILES string of the molecule is NC(=S)CC(=O)N1CCCCCC1. The Kier molecular flexibility index (Phi) is 4.15. The van der Waals surface area contributed by atoms with E-state index < -0.39 is 0 Å². The van der Waals surface area contributed by atoms with E-state index in [4.69, 9.17) is 18.0 Å². The molecule has 0 saturated carbocycles. The smallest absolute Gasteiger partial charge is 0.229 e. The van der Waals surface area contributed by atoms with Gasteiger partial charge in [-0.2, -0.15) is 0 Å². The third-order valence-electron chi connectivity index (χ3n) is 2.28. The highest BCUT2D eigenvalue weighted by Crippen LogP contribution is 2.10. The van der Waals surface area contributed by atoms with E-state index in [1.54, 1.807) is 0 Å². The van der Waals surface area contributed by atoms with Crippen molar-refractivity contribution < 1.29 is 4.79 Å². The van der Waals surface area contributed by atoms with Gasteiger partial charge in [0.2, 0.25) is 5.91 Å². The maximum atomic E-state index is 11.5. The summed E-state index contributed by atoms with van der Waals surface area (Å²) in [5, 5.41) is 0. The molecule has 0 aliphatic carbocycles. The molecular weight excluding hydrogens is 184 g/mol. The Morgan fingerprint density at radius 1 is 1.23 bits per heavy atom. The normalized spacial score (nSPS) is 18.0. The summed E-state index contributed by atoms with van der Waals surface area (Å²) in [6.07, 6.45) is 4.93. The van der Waals surface area contributed by atoms with Crippen molar-refractivity contribution in [3.05, 3.63) is 0 Å². The third-order valence-corrected chi connectivity index (χ3v) is 2.43. The highest BCUT2D eigenvalue weighted by molar-refractivity contribution is 7.80. The van der Waals surface area contributed by atoms with E-state index in [0.717, 1.165) is 25.9 Å². The van der Waals surface area contributed by atoms with Gasteiger partial charge in [-0.15, -0.1) is 0 Å². The van der Waals surface area contributed by atoms with Crippen molar-refractivity contribution in [2.24, 2.45) is 5.73 Å². The highest BCUT2D eigenvalue weighted by atomic mass is 32.1. The molecule has 0 bridgehead atoms. The van der Waals surface area contributed by atoms with E-state index in [0.29, 0.717) is 4.99 Å². The first-order valence-corrected chi connectivity index (χ1v) is 5.17. The van der Waals surface area contributed by atoms with Gasteiger partial charge in [0, 0.05) is 13.1 Å². The fourth-order valence-electron chi connectivity index (χ4n) is 1.58. The lowest BCUT2D eigenvalue weighted by atomic mass is 10.2. The molecule has 0 aromatic rings. The van der Waals surface area contributed by atoms with Gasteiger partial charge in [-0.1, -0.05) is 25.1 Å². The predicted octanol–water partition coefficient (Wildman–Crippen LogP) is 1.07. The standard InChI is InChI=1S/C9H16N2OS/c10-8(13)7-9(12)11-5-3-1-2-4-6-11/h1-7H2,(H2,10,13). The molecule has 4 heteroatoms. The molecule has 1 rings (SSSR count). The first-order valence-electron chi connectivity index (χ1n) is 4.76. The number of nitrogens with two attached hydrogens (primary N) is 1. The summed E-state index contributed by atoms with van der Waals surface area (Å²) in [4.78, 5) is 13.7. The minimum absolute atomic E-state index is 0.0920.